The van der Waals surface area contributed by atoms with Gasteiger partial charge in [-0.1, -0.05) is 12.1 Å². The normalized spacial score (nSPS) is 15.2. The van der Waals surface area contributed by atoms with Crippen molar-refractivity contribution in [3.8, 4) is 5.69 Å². The van der Waals surface area contributed by atoms with Crippen LogP contribution >= 0.6 is 11.8 Å². The van der Waals surface area contributed by atoms with Crippen LogP contribution in [-0.2, 0) is 20.5 Å². The smallest absolute Gasteiger partial charge is 0.243 e. The molecule has 0 amide bonds. The number of rotatable bonds is 6. The Morgan fingerprint density at radius 1 is 1.06 bits per heavy atom. The number of ether oxygens (including phenoxy) is 1. The van der Waals surface area contributed by atoms with Gasteiger partial charge in [0, 0.05) is 18.8 Å². The van der Waals surface area contributed by atoms with Gasteiger partial charge in [0.2, 0.25) is 10.0 Å². The molecule has 0 aliphatic carbocycles. The summed E-state index contributed by atoms with van der Waals surface area (Å²) in [7, 11) is -3.55. The van der Waals surface area contributed by atoms with E-state index in [9.17, 15) is 12.8 Å². The van der Waals surface area contributed by atoms with Crippen molar-refractivity contribution in [3.05, 3.63) is 72.4 Å². The van der Waals surface area contributed by atoms with E-state index in [4.69, 9.17) is 4.74 Å². The Balaban J connectivity index is 1.37. The predicted molar refractivity (Wildman–Crippen MR) is 122 cm³/mol. The molecule has 33 heavy (non-hydrogen) atoms. The SMILES string of the molecule is O=S(=O)(c1cccc(CSc2ncnc3c2cnn3-c2ccc(F)cc2)c1)N1CCOCC1. The summed E-state index contributed by atoms with van der Waals surface area (Å²) in [5.74, 6) is 0.208. The number of morpholine rings is 1. The fraction of sp³-hybridized carbons (Fsp3) is 0.227. The number of benzene rings is 2. The maximum Gasteiger partial charge on any atom is 0.243 e. The summed E-state index contributed by atoms with van der Waals surface area (Å²) in [4.78, 5) is 9.00. The van der Waals surface area contributed by atoms with E-state index in [1.54, 1.807) is 41.2 Å². The van der Waals surface area contributed by atoms with Crippen molar-refractivity contribution in [2.45, 2.75) is 15.7 Å². The van der Waals surface area contributed by atoms with Crippen LogP contribution in [0.15, 0.2) is 71.0 Å². The standard InChI is InChI=1S/C22H20FN5O3S2/c23-17-4-6-18(7-5-17)28-21-20(13-26-28)22(25-15-24-21)32-14-16-2-1-3-19(12-16)33(29,30)27-8-10-31-11-9-27/h1-7,12-13,15H,8-11,14H2. The molecule has 1 aliphatic rings. The Kier molecular flexibility index (Phi) is 6.11. The molecule has 0 saturated carbocycles. The molecule has 170 valence electrons. The zero-order chi connectivity index (χ0) is 22.8. The first kappa shape index (κ1) is 22.0. The van der Waals surface area contributed by atoms with Crippen molar-refractivity contribution in [1.29, 1.82) is 0 Å². The summed E-state index contributed by atoms with van der Waals surface area (Å²) < 4.78 is 47.5. The van der Waals surface area contributed by atoms with Gasteiger partial charge in [0.05, 0.1) is 35.4 Å². The topological polar surface area (TPSA) is 90.2 Å². The number of sulfonamides is 1. The van der Waals surface area contributed by atoms with E-state index < -0.39 is 10.0 Å². The van der Waals surface area contributed by atoms with Gasteiger partial charge in [0.25, 0.3) is 0 Å². The molecule has 0 unspecified atom stereocenters. The van der Waals surface area contributed by atoms with Crippen molar-refractivity contribution >= 4 is 32.8 Å². The highest BCUT2D eigenvalue weighted by Gasteiger charge is 2.26. The van der Waals surface area contributed by atoms with Crippen LogP contribution < -0.4 is 0 Å². The number of thioether (sulfide) groups is 1. The number of nitrogens with zero attached hydrogens (tertiary/aromatic N) is 5. The molecule has 0 N–H and O–H groups in total. The first-order chi connectivity index (χ1) is 16.0. The first-order valence-corrected chi connectivity index (χ1v) is 12.7. The van der Waals surface area contributed by atoms with Crippen molar-refractivity contribution in [2.75, 3.05) is 26.3 Å². The fourth-order valence-electron chi connectivity index (χ4n) is 3.59. The molecule has 2 aromatic heterocycles. The number of fused-ring (bicyclic) bond motifs is 1. The summed E-state index contributed by atoms with van der Waals surface area (Å²) in [6.07, 6.45) is 3.14. The quantitative estimate of drug-likeness (QED) is 0.306. The van der Waals surface area contributed by atoms with Crippen LogP contribution in [0.2, 0.25) is 0 Å². The third kappa shape index (κ3) is 4.49. The molecule has 0 bridgehead atoms. The van der Waals surface area contributed by atoms with Crippen LogP contribution in [0.4, 0.5) is 4.39 Å². The molecule has 1 saturated heterocycles. The maximum atomic E-state index is 13.3. The van der Waals surface area contributed by atoms with E-state index >= 15 is 0 Å². The van der Waals surface area contributed by atoms with Gasteiger partial charge in [-0.2, -0.15) is 9.40 Å². The van der Waals surface area contributed by atoms with E-state index in [0.717, 1.165) is 16.0 Å². The Hall–Kier alpha value is -2.86. The second-order valence-electron chi connectivity index (χ2n) is 7.40. The molecular formula is C22H20FN5O3S2. The van der Waals surface area contributed by atoms with Gasteiger partial charge in [-0.05, 0) is 42.0 Å². The Bertz CT molecular complexity index is 1390. The third-order valence-corrected chi connectivity index (χ3v) is 8.25. The van der Waals surface area contributed by atoms with E-state index in [1.807, 2.05) is 6.07 Å². The summed E-state index contributed by atoms with van der Waals surface area (Å²) in [5.41, 5.74) is 2.18. The summed E-state index contributed by atoms with van der Waals surface area (Å²) >= 11 is 1.48. The molecule has 1 fully saturated rings. The highest BCUT2D eigenvalue weighted by Crippen LogP contribution is 2.29. The van der Waals surface area contributed by atoms with Crippen molar-refractivity contribution in [2.24, 2.45) is 0 Å². The summed E-state index contributed by atoms with van der Waals surface area (Å²) in [5, 5.41) is 5.89. The molecule has 11 heteroatoms. The number of halogens is 1. The lowest BCUT2D eigenvalue weighted by Gasteiger charge is -2.26. The van der Waals surface area contributed by atoms with Gasteiger partial charge < -0.3 is 4.74 Å². The third-order valence-electron chi connectivity index (χ3n) is 5.28. The largest absolute Gasteiger partial charge is 0.379 e. The van der Waals surface area contributed by atoms with Gasteiger partial charge in [-0.3, -0.25) is 0 Å². The highest BCUT2D eigenvalue weighted by molar-refractivity contribution is 7.98. The molecule has 3 heterocycles. The minimum atomic E-state index is -3.55. The molecule has 8 nitrogen and oxygen atoms in total. The highest BCUT2D eigenvalue weighted by atomic mass is 32.2. The van der Waals surface area contributed by atoms with E-state index in [1.165, 1.54) is 34.5 Å². The maximum absolute atomic E-state index is 13.3. The predicted octanol–water partition coefficient (Wildman–Crippen LogP) is 3.27. The van der Waals surface area contributed by atoms with Crippen molar-refractivity contribution in [1.82, 2.24) is 24.1 Å². The molecule has 0 radical (unpaired) electrons. The van der Waals surface area contributed by atoms with E-state index in [-0.39, 0.29) is 10.7 Å². The second kappa shape index (κ2) is 9.18. The molecule has 0 spiro atoms. The van der Waals surface area contributed by atoms with E-state index in [0.29, 0.717) is 43.4 Å². The van der Waals surface area contributed by atoms with Crippen LogP contribution in [0.5, 0.6) is 0 Å². The monoisotopic (exact) mass is 485 g/mol. The number of hydrogen-bond acceptors (Lipinski definition) is 7. The number of aromatic nitrogens is 4. The lowest BCUT2D eigenvalue weighted by molar-refractivity contribution is 0.0730. The van der Waals surface area contributed by atoms with Gasteiger partial charge in [0.1, 0.15) is 17.2 Å². The average Bonchev–Trinajstić information content (AvgIpc) is 3.29. The van der Waals surface area contributed by atoms with Crippen LogP contribution in [0, 0.1) is 5.82 Å². The van der Waals surface area contributed by atoms with Crippen LogP contribution in [0.1, 0.15) is 5.56 Å². The minimum Gasteiger partial charge on any atom is -0.379 e. The fourth-order valence-corrected chi connectivity index (χ4v) is 5.98. The molecule has 0 atom stereocenters. The van der Waals surface area contributed by atoms with Crippen LogP contribution in [0.25, 0.3) is 16.7 Å². The van der Waals surface area contributed by atoms with Gasteiger partial charge in [-0.25, -0.2) is 27.5 Å². The minimum absolute atomic E-state index is 0.277. The molecule has 5 rings (SSSR count). The average molecular weight is 486 g/mol. The summed E-state index contributed by atoms with van der Waals surface area (Å²) in [6.45, 7) is 1.53. The van der Waals surface area contributed by atoms with Gasteiger partial charge >= 0.3 is 0 Å². The van der Waals surface area contributed by atoms with Gasteiger partial charge in [-0.15, -0.1) is 11.8 Å². The first-order valence-electron chi connectivity index (χ1n) is 10.3. The van der Waals surface area contributed by atoms with Crippen LogP contribution in [-0.4, -0.2) is 58.8 Å². The Morgan fingerprint density at radius 2 is 1.85 bits per heavy atom. The lowest BCUT2D eigenvalue weighted by Crippen LogP contribution is -2.40. The molecule has 2 aromatic carbocycles. The summed E-state index contributed by atoms with van der Waals surface area (Å²) in [6, 6.07) is 13.0. The van der Waals surface area contributed by atoms with Gasteiger partial charge in [0.15, 0.2) is 5.65 Å². The van der Waals surface area contributed by atoms with Crippen molar-refractivity contribution in [3.63, 3.8) is 0 Å². The van der Waals surface area contributed by atoms with Crippen LogP contribution in [0.3, 0.4) is 0 Å². The molecular weight excluding hydrogens is 465 g/mol. The number of hydrogen-bond donors (Lipinski definition) is 0. The zero-order valence-corrected chi connectivity index (χ0v) is 19.1. The molecule has 1 aliphatic heterocycles. The Morgan fingerprint density at radius 3 is 2.64 bits per heavy atom. The second-order valence-corrected chi connectivity index (χ2v) is 10.3. The lowest BCUT2D eigenvalue weighted by atomic mass is 10.2. The molecule has 4 aromatic rings. The Labute approximate surface area is 194 Å². The van der Waals surface area contributed by atoms with E-state index in [2.05, 4.69) is 15.1 Å². The zero-order valence-electron chi connectivity index (χ0n) is 17.5. The van der Waals surface area contributed by atoms with Crippen molar-refractivity contribution < 1.29 is 17.5 Å².